The van der Waals surface area contributed by atoms with Gasteiger partial charge < -0.3 is 8.92 Å². The van der Waals surface area contributed by atoms with Gasteiger partial charge in [0.05, 0.1) is 12.4 Å². The summed E-state index contributed by atoms with van der Waals surface area (Å²) in [6.07, 6.45) is 1.61. The lowest BCUT2D eigenvalue weighted by molar-refractivity contribution is 0.341. The van der Waals surface area contributed by atoms with Gasteiger partial charge in [0.2, 0.25) is 5.88 Å². The van der Waals surface area contributed by atoms with Crippen LogP contribution in [0.2, 0.25) is 0 Å². The summed E-state index contributed by atoms with van der Waals surface area (Å²) in [6.45, 7) is 3.91. The number of benzene rings is 2. The average Bonchev–Trinajstić information content (AvgIpc) is 3.23. The first kappa shape index (κ1) is 21.6. The first-order valence-electron chi connectivity index (χ1n) is 10.3. The minimum absolute atomic E-state index is 0.0631. The molecular formula is C24H23N3O4S. The van der Waals surface area contributed by atoms with Gasteiger partial charge in [-0.2, -0.15) is 18.2 Å². The van der Waals surface area contributed by atoms with Crippen LogP contribution in [-0.2, 0) is 10.1 Å². The SMILES string of the molecule is CCOc1ccc(-c2ccccc2)cc1-c1cc(OS(=O)(=O)CC)n(-c2ccccn2)n1. The molecule has 0 fully saturated rings. The second-order valence-electron chi connectivity index (χ2n) is 6.91. The van der Waals surface area contributed by atoms with E-state index in [1.807, 2.05) is 55.5 Å². The summed E-state index contributed by atoms with van der Waals surface area (Å²) in [5.41, 5.74) is 3.27. The van der Waals surface area contributed by atoms with Crippen molar-refractivity contribution in [2.45, 2.75) is 13.8 Å². The van der Waals surface area contributed by atoms with E-state index in [1.54, 1.807) is 30.5 Å². The molecule has 0 aliphatic carbocycles. The highest BCUT2D eigenvalue weighted by molar-refractivity contribution is 7.87. The maximum atomic E-state index is 12.2. The summed E-state index contributed by atoms with van der Waals surface area (Å²) in [5, 5.41) is 4.63. The van der Waals surface area contributed by atoms with Gasteiger partial charge in [-0.05, 0) is 49.2 Å². The third-order valence-electron chi connectivity index (χ3n) is 4.77. The fraction of sp³-hybridized carbons (Fsp3) is 0.167. The predicted molar refractivity (Wildman–Crippen MR) is 123 cm³/mol. The molecule has 32 heavy (non-hydrogen) atoms. The number of aromatic nitrogens is 3. The largest absolute Gasteiger partial charge is 0.493 e. The van der Waals surface area contributed by atoms with E-state index >= 15 is 0 Å². The molecule has 0 saturated carbocycles. The molecular weight excluding hydrogens is 426 g/mol. The smallest absolute Gasteiger partial charge is 0.310 e. The molecule has 2 aromatic heterocycles. The molecule has 2 aromatic carbocycles. The quantitative estimate of drug-likeness (QED) is 0.362. The Morgan fingerprint density at radius 1 is 0.906 bits per heavy atom. The summed E-state index contributed by atoms with van der Waals surface area (Å²) in [5.74, 6) is 0.983. The molecule has 0 aliphatic heterocycles. The van der Waals surface area contributed by atoms with E-state index in [0.717, 1.165) is 16.7 Å². The Morgan fingerprint density at radius 2 is 1.69 bits per heavy atom. The van der Waals surface area contributed by atoms with Crippen LogP contribution in [0.4, 0.5) is 0 Å². The number of pyridine rings is 1. The Balaban J connectivity index is 1.88. The first-order valence-corrected chi connectivity index (χ1v) is 11.8. The van der Waals surface area contributed by atoms with Gasteiger partial charge in [0.15, 0.2) is 5.82 Å². The van der Waals surface area contributed by atoms with Crippen molar-refractivity contribution in [3.8, 4) is 39.8 Å². The lowest BCUT2D eigenvalue weighted by atomic mass is 10.0. The van der Waals surface area contributed by atoms with E-state index < -0.39 is 10.1 Å². The third-order valence-corrected chi connectivity index (χ3v) is 5.90. The minimum atomic E-state index is -3.76. The second kappa shape index (κ2) is 9.23. The number of ether oxygens (including phenoxy) is 1. The highest BCUT2D eigenvalue weighted by atomic mass is 32.2. The van der Waals surface area contributed by atoms with Crippen molar-refractivity contribution < 1.29 is 17.3 Å². The molecule has 2 heterocycles. The molecule has 0 unspecified atom stereocenters. The maximum Gasteiger partial charge on any atom is 0.310 e. The molecule has 0 N–H and O–H groups in total. The molecule has 8 heteroatoms. The van der Waals surface area contributed by atoms with Crippen LogP contribution in [0.5, 0.6) is 11.6 Å². The normalized spacial score (nSPS) is 11.3. The van der Waals surface area contributed by atoms with Gasteiger partial charge in [0.1, 0.15) is 11.4 Å². The highest BCUT2D eigenvalue weighted by Crippen LogP contribution is 2.36. The van der Waals surface area contributed by atoms with Crippen LogP contribution in [-0.4, -0.2) is 35.5 Å². The summed E-state index contributed by atoms with van der Waals surface area (Å²) >= 11 is 0. The standard InChI is InChI=1S/C24H23N3O4S/c1-3-30-22-14-13-19(18-10-6-5-7-11-18)16-20(22)21-17-24(31-32(28,29)4-2)27(26-21)23-12-8-9-15-25-23/h5-17H,3-4H2,1-2H3. The van der Waals surface area contributed by atoms with Crippen molar-refractivity contribution in [2.24, 2.45) is 0 Å². The second-order valence-corrected chi connectivity index (χ2v) is 8.77. The zero-order valence-corrected chi connectivity index (χ0v) is 18.6. The summed E-state index contributed by atoms with van der Waals surface area (Å²) in [6, 6.07) is 22.7. The fourth-order valence-electron chi connectivity index (χ4n) is 3.21. The van der Waals surface area contributed by atoms with Crippen molar-refractivity contribution in [3.05, 3.63) is 79.0 Å². The Bertz CT molecular complexity index is 1300. The third kappa shape index (κ3) is 4.65. The van der Waals surface area contributed by atoms with Crippen LogP contribution in [0.3, 0.4) is 0 Å². The molecule has 0 amide bonds. The van der Waals surface area contributed by atoms with Gasteiger partial charge >= 0.3 is 10.1 Å². The molecule has 0 aliphatic rings. The van der Waals surface area contributed by atoms with Gasteiger partial charge in [0.25, 0.3) is 0 Å². The molecule has 4 rings (SSSR count). The topological polar surface area (TPSA) is 83.3 Å². The highest BCUT2D eigenvalue weighted by Gasteiger charge is 2.21. The molecule has 0 radical (unpaired) electrons. The Kier molecular flexibility index (Phi) is 6.23. The Hall–Kier alpha value is -3.65. The van der Waals surface area contributed by atoms with Crippen molar-refractivity contribution in [1.82, 2.24) is 14.8 Å². The van der Waals surface area contributed by atoms with Crippen molar-refractivity contribution in [2.75, 3.05) is 12.4 Å². The van der Waals surface area contributed by atoms with Gasteiger partial charge in [-0.15, -0.1) is 0 Å². The lowest BCUT2D eigenvalue weighted by Crippen LogP contribution is -2.14. The zero-order chi connectivity index (χ0) is 22.6. The van der Waals surface area contributed by atoms with Gasteiger partial charge in [0, 0.05) is 17.8 Å². The van der Waals surface area contributed by atoms with Crippen LogP contribution >= 0.6 is 0 Å². The van der Waals surface area contributed by atoms with Crippen LogP contribution in [0.15, 0.2) is 79.0 Å². The maximum absolute atomic E-state index is 12.2. The van der Waals surface area contributed by atoms with Crippen molar-refractivity contribution in [1.29, 1.82) is 0 Å². The first-order chi connectivity index (χ1) is 15.5. The number of hydrogen-bond acceptors (Lipinski definition) is 6. The van der Waals surface area contributed by atoms with Crippen LogP contribution in [0, 0.1) is 0 Å². The van der Waals surface area contributed by atoms with Gasteiger partial charge in [-0.1, -0.05) is 42.5 Å². The lowest BCUT2D eigenvalue weighted by Gasteiger charge is -2.11. The van der Waals surface area contributed by atoms with Crippen molar-refractivity contribution in [3.63, 3.8) is 0 Å². The molecule has 0 bridgehead atoms. The van der Waals surface area contributed by atoms with E-state index in [4.69, 9.17) is 8.92 Å². The molecule has 0 atom stereocenters. The number of hydrogen-bond donors (Lipinski definition) is 0. The fourth-order valence-corrected chi connectivity index (χ4v) is 3.71. The van der Waals surface area contributed by atoms with E-state index in [0.29, 0.717) is 23.9 Å². The Morgan fingerprint density at radius 3 is 2.38 bits per heavy atom. The molecule has 7 nitrogen and oxygen atoms in total. The van der Waals surface area contributed by atoms with Crippen LogP contribution in [0.1, 0.15) is 13.8 Å². The Labute approximate surface area is 187 Å². The van der Waals surface area contributed by atoms with E-state index in [2.05, 4.69) is 10.1 Å². The monoisotopic (exact) mass is 449 g/mol. The average molecular weight is 450 g/mol. The molecule has 0 spiro atoms. The van der Waals surface area contributed by atoms with E-state index in [1.165, 1.54) is 11.6 Å². The summed E-state index contributed by atoms with van der Waals surface area (Å²) in [7, 11) is -3.76. The zero-order valence-electron chi connectivity index (χ0n) is 17.8. The number of nitrogens with zero attached hydrogens (tertiary/aromatic N) is 3. The number of rotatable bonds is 8. The van der Waals surface area contributed by atoms with E-state index in [-0.39, 0.29) is 11.6 Å². The van der Waals surface area contributed by atoms with Crippen LogP contribution < -0.4 is 8.92 Å². The minimum Gasteiger partial charge on any atom is -0.493 e. The van der Waals surface area contributed by atoms with Gasteiger partial charge in [-0.25, -0.2) is 4.98 Å². The van der Waals surface area contributed by atoms with E-state index in [9.17, 15) is 8.42 Å². The summed E-state index contributed by atoms with van der Waals surface area (Å²) in [4.78, 5) is 4.29. The summed E-state index contributed by atoms with van der Waals surface area (Å²) < 4.78 is 37.0. The molecule has 0 saturated heterocycles. The van der Waals surface area contributed by atoms with Crippen molar-refractivity contribution >= 4 is 10.1 Å². The van der Waals surface area contributed by atoms with Gasteiger partial charge in [-0.3, -0.25) is 0 Å². The molecule has 4 aromatic rings. The molecule has 164 valence electrons. The van der Waals surface area contributed by atoms with Crippen LogP contribution in [0.25, 0.3) is 28.2 Å². The predicted octanol–water partition coefficient (Wildman–Crippen LogP) is 4.73.